The van der Waals surface area contributed by atoms with Gasteiger partial charge in [-0.3, -0.25) is 4.68 Å². The number of hydrogen-bond donors (Lipinski definition) is 1. The van der Waals surface area contributed by atoms with E-state index in [1.165, 1.54) is 54.4 Å². The Bertz CT molecular complexity index is 435. The lowest BCUT2D eigenvalue weighted by atomic mass is 9.96. The van der Waals surface area contributed by atoms with Crippen molar-refractivity contribution in [1.29, 1.82) is 0 Å². The lowest BCUT2D eigenvalue weighted by Crippen LogP contribution is -2.32. The molecule has 0 aliphatic heterocycles. The fourth-order valence-electron chi connectivity index (χ4n) is 3.58. The topological polar surface area (TPSA) is 29.9 Å². The van der Waals surface area contributed by atoms with Gasteiger partial charge in [-0.05, 0) is 47.7 Å². The first-order valence-corrected chi connectivity index (χ1v) is 9.38. The standard InChI is InChI=1S/C17H30BrN3/c1-4-15-17(18)16(21(3)20-15)12-14(19-5-2)11-10-13-8-6-7-9-13/h13-14,19H,4-12H2,1-3H3. The SMILES string of the molecule is CCNC(CCC1CCCC1)Cc1c(Br)c(CC)nn1C. The summed E-state index contributed by atoms with van der Waals surface area (Å²) in [5.74, 6) is 0.979. The van der Waals surface area contributed by atoms with Crippen molar-refractivity contribution in [1.82, 2.24) is 15.1 Å². The average Bonchev–Trinajstić information content (AvgIpc) is 3.07. The second-order valence-electron chi connectivity index (χ2n) is 6.37. The van der Waals surface area contributed by atoms with Crippen molar-refractivity contribution in [2.45, 2.75) is 71.3 Å². The minimum absolute atomic E-state index is 0.576. The van der Waals surface area contributed by atoms with Gasteiger partial charge >= 0.3 is 0 Å². The monoisotopic (exact) mass is 355 g/mol. The highest BCUT2D eigenvalue weighted by Gasteiger charge is 2.20. The molecule has 120 valence electrons. The second-order valence-corrected chi connectivity index (χ2v) is 7.16. The molecule has 1 saturated carbocycles. The van der Waals surface area contributed by atoms with Crippen LogP contribution in [0.25, 0.3) is 0 Å². The largest absolute Gasteiger partial charge is 0.314 e. The Hall–Kier alpha value is -0.350. The second kappa shape index (κ2) is 8.33. The minimum atomic E-state index is 0.576. The minimum Gasteiger partial charge on any atom is -0.314 e. The quantitative estimate of drug-likeness (QED) is 0.755. The van der Waals surface area contributed by atoms with Crippen LogP contribution in [0.3, 0.4) is 0 Å². The van der Waals surface area contributed by atoms with Crippen LogP contribution in [0.15, 0.2) is 4.47 Å². The molecule has 2 rings (SSSR count). The number of hydrogen-bond acceptors (Lipinski definition) is 2. The van der Waals surface area contributed by atoms with Crippen molar-refractivity contribution in [2.75, 3.05) is 6.54 Å². The number of aromatic nitrogens is 2. The van der Waals surface area contributed by atoms with Gasteiger partial charge in [-0.15, -0.1) is 0 Å². The van der Waals surface area contributed by atoms with Gasteiger partial charge < -0.3 is 5.32 Å². The fourth-order valence-corrected chi connectivity index (χ4v) is 4.35. The third-order valence-corrected chi connectivity index (χ3v) is 5.75. The van der Waals surface area contributed by atoms with Crippen LogP contribution in [-0.2, 0) is 19.9 Å². The van der Waals surface area contributed by atoms with Gasteiger partial charge in [0.25, 0.3) is 0 Å². The summed E-state index contributed by atoms with van der Waals surface area (Å²) in [6.07, 6.45) is 10.5. The Kier molecular flexibility index (Phi) is 6.74. The molecule has 1 aliphatic carbocycles. The lowest BCUT2D eigenvalue weighted by Gasteiger charge is -2.20. The maximum Gasteiger partial charge on any atom is 0.0766 e. The number of halogens is 1. The summed E-state index contributed by atoms with van der Waals surface area (Å²) in [5, 5.41) is 8.30. The normalized spacial score (nSPS) is 17.5. The Morgan fingerprint density at radius 2 is 2.05 bits per heavy atom. The molecule has 0 radical (unpaired) electrons. The highest BCUT2D eigenvalue weighted by atomic mass is 79.9. The summed E-state index contributed by atoms with van der Waals surface area (Å²) in [4.78, 5) is 0. The molecule has 1 N–H and O–H groups in total. The summed E-state index contributed by atoms with van der Waals surface area (Å²) >= 11 is 3.75. The number of aryl methyl sites for hydroxylation is 2. The lowest BCUT2D eigenvalue weighted by molar-refractivity contribution is 0.402. The maximum absolute atomic E-state index is 4.62. The first-order chi connectivity index (χ1) is 10.2. The van der Waals surface area contributed by atoms with Crippen molar-refractivity contribution in [3.63, 3.8) is 0 Å². The predicted octanol–water partition coefficient (Wildman–Crippen LogP) is 4.24. The van der Waals surface area contributed by atoms with Crippen LogP contribution < -0.4 is 5.32 Å². The van der Waals surface area contributed by atoms with Gasteiger partial charge in [0.1, 0.15) is 0 Å². The Morgan fingerprint density at radius 3 is 2.62 bits per heavy atom. The van der Waals surface area contributed by atoms with Crippen LogP contribution in [-0.4, -0.2) is 22.4 Å². The molecule has 1 aliphatic rings. The molecule has 0 bridgehead atoms. The van der Waals surface area contributed by atoms with E-state index in [0.29, 0.717) is 6.04 Å². The zero-order valence-corrected chi connectivity index (χ0v) is 15.4. The molecular formula is C17H30BrN3. The van der Waals surface area contributed by atoms with Crippen LogP contribution in [0.4, 0.5) is 0 Å². The average molecular weight is 356 g/mol. The summed E-state index contributed by atoms with van der Waals surface area (Å²) < 4.78 is 3.28. The molecule has 4 heteroatoms. The molecule has 3 nitrogen and oxygen atoms in total. The third kappa shape index (κ3) is 4.56. The van der Waals surface area contributed by atoms with Gasteiger partial charge in [0.05, 0.1) is 15.9 Å². The third-order valence-electron chi connectivity index (χ3n) is 4.83. The molecule has 21 heavy (non-hydrogen) atoms. The van der Waals surface area contributed by atoms with E-state index in [2.05, 4.69) is 51.9 Å². The van der Waals surface area contributed by atoms with E-state index in [4.69, 9.17) is 0 Å². The predicted molar refractivity (Wildman–Crippen MR) is 92.6 cm³/mol. The van der Waals surface area contributed by atoms with Gasteiger partial charge in [-0.2, -0.15) is 5.10 Å². The summed E-state index contributed by atoms with van der Waals surface area (Å²) in [6.45, 7) is 5.42. The molecule has 0 spiro atoms. The molecular weight excluding hydrogens is 326 g/mol. The molecule has 0 amide bonds. The Balaban J connectivity index is 1.96. The van der Waals surface area contributed by atoms with Gasteiger partial charge in [-0.1, -0.05) is 39.5 Å². The van der Waals surface area contributed by atoms with E-state index in [0.717, 1.165) is 25.3 Å². The number of nitrogens with zero attached hydrogens (tertiary/aromatic N) is 2. The summed E-state index contributed by atoms with van der Waals surface area (Å²) in [7, 11) is 2.07. The fraction of sp³-hybridized carbons (Fsp3) is 0.824. The zero-order valence-electron chi connectivity index (χ0n) is 13.8. The van der Waals surface area contributed by atoms with Crippen LogP contribution >= 0.6 is 15.9 Å². The van der Waals surface area contributed by atoms with Crippen molar-refractivity contribution < 1.29 is 0 Å². The van der Waals surface area contributed by atoms with Crippen molar-refractivity contribution >= 4 is 15.9 Å². The van der Waals surface area contributed by atoms with Crippen molar-refractivity contribution in [3.05, 3.63) is 15.9 Å². The van der Waals surface area contributed by atoms with Crippen LogP contribution in [0, 0.1) is 5.92 Å². The van der Waals surface area contributed by atoms with E-state index in [9.17, 15) is 0 Å². The molecule has 1 atom stereocenters. The summed E-state index contributed by atoms with van der Waals surface area (Å²) in [5.41, 5.74) is 2.52. The molecule has 1 unspecified atom stereocenters. The van der Waals surface area contributed by atoms with E-state index >= 15 is 0 Å². The van der Waals surface area contributed by atoms with Crippen molar-refractivity contribution in [2.24, 2.45) is 13.0 Å². The highest BCUT2D eigenvalue weighted by molar-refractivity contribution is 9.10. The molecule has 1 aromatic rings. The number of nitrogens with one attached hydrogen (secondary N) is 1. The Morgan fingerprint density at radius 1 is 1.33 bits per heavy atom. The first-order valence-electron chi connectivity index (χ1n) is 8.59. The van der Waals surface area contributed by atoms with Gasteiger partial charge in [-0.25, -0.2) is 0 Å². The van der Waals surface area contributed by atoms with Gasteiger partial charge in [0.2, 0.25) is 0 Å². The molecule has 1 fully saturated rings. The number of likely N-dealkylation sites (N-methyl/N-ethyl adjacent to an activating group) is 1. The van der Waals surface area contributed by atoms with Crippen LogP contribution in [0.2, 0.25) is 0 Å². The van der Waals surface area contributed by atoms with E-state index in [-0.39, 0.29) is 0 Å². The smallest absolute Gasteiger partial charge is 0.0766 e. The summed E-state index contributed by atoms with van der Waals surface area (Å²) in [6, 6.07) is 0.576. The van der Waals surface area contributed by atoms with E-state index in [1.807, 2.05) is 0 Å². The maximum atomic E-state index is 4.62. The highest BCUT2D eigenvalue weighted by Crippen LogP contribution is 2.30. The van der Waals surface area contributed by atoms with Crippen LogP contribution in [0.5, 0.6) is 0 Å². The molecule has 1 aromatic heterocycles. The van der Waals surface area contributed by atoms with E-state index < -0.39 is 0 Å². The first kappa shape index (κ1) is 17.0. The van der Waals surface area contributed by atoms with Crippen LogP contribution in [0.1, 0.15) is 63.8 Å². The van der Waals surface area contributed by atoms with Gasteiger partial charge in [0.15, 0.2) is 0 Å². The molecule has 0 aromatic carbocycles. The molecule has 1 heterocycles. The van der Waals surface area contributed by atoms with E-state index in [1.54, 1.807) is 0 Å². The zero-order chi connectivity index (χ0) is 15.2. The number of rotatable bonds is 8. The van der Waals surface area contributed by atoms with Crippen molar-refractivity contribution in [3.8, 4) is 0 Å². The van der Waals surface area contributed by atoms with Gasteiger partial charge in [0, 0.05) is 19.5 Å². The molecule has 0 saturated heterocycles. The Labute approximate surface area is 138 Å².